The van der Waals surface area contributed by atoms with Crippen LogP contribution in [0.5, 0.6) is 0 Å². The summed E-state index contributed by atoms with van der Waals surface area (Å²) >= 11 is 5.69. The molecule has 1 aromatic heterocycles. The van der Waals surface area contributed by atoms with Crippen molar-refractivity contribution < 1.29 is 0 Å². The third kappa shape index (κ3) is 2.10. The fourth-order valence-electron chi connectivity index (χ4n) is 1.41. The van der Waals surface area contributed by atoms with Gasteiger partial charge in [-0.05, 0) is 11.6 Å². The van der Waals surface area contributed by atoms with Crippen molar-refractivity contribution in [2.24, 2.45) is 0 Å². The molecule has 0 aliphatic rings. The number of nitrogen functional groups attached to an aromatic ring is 1. The number of aromatic nitrogens is 1. The van der Waals surface area contributed by atoms with E-state index in [9.17, 15) is 0 Å². The highest BCUT2D eigenvalue weighted by molar-refractivity contribution is 6.17. The van der Waals surface area contributed by atoms with Crippen LogP contribution in [0.4, 0.5) is 5.69 Å². The Kier molecular flexibility index (Phi) is 2.88. The van der Waals surface area contributed by atoms with Crippen LogP contribution < -0.4 is 5.73 Å². The summed E-state index contributed by atoms with van der Waals surface area (Å²) in [6.07, 6.45) is 1.80. The van der Waals surface area contributed by atoms with Gasteiger partial charge in [0.1, 0.15) is 0 Å². The maximum atomic E-state index is 5.82. The van der Waals surface area contributed by atoms with Crippen molar-refractivity contribution in [2.45, 2.75) is 5.88 Å². The Bertz CT molecular complexity index is 454. The highest BCUT2D eigenvalue weighted by Crippen LogP contribution is 2.22. The lowest BCUT2D eigenvalue weighted by Gasteiger charge is -2.05. The Morgan fingerprint density at radius 1 is 1.13 bits per heavy atom. The van der Waals surface area contributed by atoms with Gasteiger partial charge in [0, 0.05) is 11.8 Å². The van der Waals surface area contributed by atoms with Crippen LogP contribution in [0, 0.1) is 0 Å². The van der Waals surface area contributed by atoms with Crippen molar-refractivity contribution in [1.82, 2.24) is 4.98 Å². The number of nitrogens with zero attached hydrogens (tertiary/aromatic N) is 1. The largest absolute Gasteiger partial charge is 0.397 e. The SMILES string of the molecule is Nc1cc(-c2ccccc2)cnc1CCl. The summed E-state index contributed by atoms with van der Waals surface area (Å²) in [4.78, 5) is 4.22. The van der Waals surface area contributed by atoms with Crippen molar-refractivity contribution in [3.05, 3.63) is 48.3 Å². The Labute approximate surface area is 93.7 Å². The van der Waals surface area contributed by atoms with E-state index in [1.807, 2.05) is 36.4 Å². The third-order valence-corrected chi connectivity index (χ3v) is 2.49. The minimum atomic E-state index is 0.348. The van der Waals surface area contributed by atoms with Crippen LogP contribution in [0.15, 0.2) is 42.6 Å². The van der Waals surface area contributed by atoms with E-state index >= 15 is 0 Å². The number of halogens is 1. The van der Waals surface area contributed by atoms with E-state index in [4.69, 9.17) is 17.3 Å². The number of hydrogen-bond acceptors (Lipinski definition) is 2. The quantitative estimate of drug-likeness (QED) is 0.787. The van der Waals surface area contributed by atoms with Gasteiger partial charge in [0.2, 0.25) is 0 Å². The summed E-state index contributed by atoms with van der Waals surface area (Å²) in [6, 6.07) is 11.9. The zero-order valence-electron chi connectivity index (χ0n) is 8.15. The fraction of sp³-hybridized carbons (Fsp3) is 0.0833. The zero-order valence-corrected chi connectivity index (χ0v) is 8.91. The van der Waals surface area contributed by atoms with Crippen molar-refractivity contribution in [1.29, 1.82) is 0 Å². The second-order valence-corrected chi connectivity index (χ2v) is 3.53. The normalized spacial score (nSPS) is 10.2. The van der Waals surface area contributed by atoms with Crippen LogP contribution >= 0.6 is 11.6 Å². The van der Waals surface area contributed by atoms with Crippen LogP contribution in [0.25, 0.3) is 11.1 Å². The minimum absolute atomic E-state index is 0.348. The highest BCUT2D eigenvalue weighted by Gasteiger charge is 2.02. The molecule has 0 unspecified atom stereocenters. The molecule has 2 nitrogen and oxygen atoms in total. The van der Waals surface area contributed by atoms with Crippen molar-refractivity contribution in [2.75, 3.05) is 5.73 Å². The standard InChI is InChI=1S/C12H11ClN2/c13-7-12-11(14)6-10(8-15-12)9-4-2-1-3-5-9/h1-6,8H,7,14H2. The summed E-state index contributed by atoms with van der Waals surface area (Å²) in [7, 11) is 0. The van der Waals surface area contributed by atoms with Crippen LogP contribution in [-0.2, 0) is 5.88 Å². The molecule has 3 heteroatoms. The molecule has 1 aromatic carbocycles. The maximum Gasteiger partial charge on any atom is 0.0780 e. The molecule has 0 atom stereocenters. The van der Waals surface area contributed by atoms with E-state index in [-0.39, 0.29) is 0 Å². The van der Waals surface area contributed by atoms with E-state index < -0.39 is 0 Å². The van der Waals surface area contributed by atoms with Gasteiger partial charge in [-0.2, -0.15) is 0 Å². The van der Waals surface area contributed by atoms with E-state index in [2.05, 4.69) is 4.98 Å². The molecule has 0 saturated carbocycles. The molecule has 2 N–H and O–H groups in total. The molecule has 0 aliphatic heterocycles. The lowest BCUT2D eigenvalue weighted by atomic mass is 10.1. The molecule has 15 heavy (non-hydrogen) atoms. The van der Waals surface area contributed by atoms with Crippen molar-refractivity contribution in [3.63, 3.8) is 0 Å². The van der Waals surface area contributed by atoms with E-state index in [0.717, 1.165) is 16.8 Å². The third-order valence-electron chi connectivity index (χ3n) is 2.24. The first-order valence-electron chi connectivity index (χ1n) is 4.67. The molecule has 2 rings (SSSR count). The molecule has 0 spiro atoms. The summed E-state index contributed by atoms with van der Waals surface area (Å²) < 4.78 is 0. The molecule has 0 fully saturated rings. The monoisotopic (exact) mass is 218 g/mol. The molecule has 0 bridgehead atoms. The first-order valence-corrected chi connectivity index (χ1v) is 5.20. The fourth-order valence-corrected chi connectivity index (χ4v) is 1.63. The molecule has 0 radical (unpaired) electrons. The Balaban J connectivity index is 2.43. The van der Waals surface area contributed by atoms with Gasteiger partial charge >= 0.3 is 0 Å². The molecule has 76 valence electrons. The van der Waals surface area contributed by atoms with Gasteiger partial charge in [0.25, 0.3) is 0 Å². The molecular formula is C12H11ClN2. The van der Waals surface area contributed by atoms with Gasteiger partial charge in [-0.1, -0.05) is 30.3 Å². The number of pyridine rings is 1. The van der Waals surface area contributed by atoms with Crippen LogP contribution in [0.1, 0.15) is 5.69 Å². The Morgan fingerprint density at radius 2 is 1.87 bits per heavy atom. The second kappa shape index (κ2) is 4.32. The predicted molar refractivity (Wildman–Crippen MR) is 63.6 cm³/mol. The lowest BCUT2D eigenvalue weighted by Crippen LogP contribution is -1.95. The molecule has 0 amide bonds. The van der Waals surface area contributed by atoms with Crippen LogP contribution in [0.2, 0.25) is 0 Å². The second-order valence-electron chi connectivity index (χ2n) is 3.26. The number of nitrogens with two attached hydrogens (primary N) is 1. The molecule has 0 saturated heterocycles. The van der Waals surface area contributed by atoms with Crippen molar-refractivity contribution in [3.8, 4) is 11.1 Å². The van der Waals surface area contributed by atoms with Gasteiger partial charge < -0.3 is 5.73 Å². The van der Waals surface area contributed by atoms with Crippen LogP contribution in [0.3, 0.4) is 0 Å². The average molecular weight is 219 g/mol. The average Bonchev–Trinajstić information content (AvgIpc) is 2.30. The maximum absolute atomic E-state index is 5.82. The minimum Gasteiger partial charge on any atom is -0.397 e. The van der Waals surface area contributed by atoms with Crippen LogP contribution in [-0.4, -0.2) is 4.98 Å². The highest BCUT2D eigenvalue weighted by atomic mass is 35.5. The van der Waals surface area contributed by atoms with Gasteiger partial charge in [0.15, 0.2) is 0 Å². The van der Waals surface area contributed by atoms with Gasteiger partial charge in [-0.25, -0.2) is 0 Å². The molecule has 2 aromatic rings. The van der Waals surface area contributed by atoms with Gasteiger partial charge in [-0.3, -0.25) is 4.98 Å². The number of anilines is 1. The summed E-state index contributed by atoms with van der Waals surface area (Å²) in [6.45, 7) is 0. The van der Waals surface area contributed by atoms with E-state index in [1.54, 1.807) is 6.20 Å². The number of alkyl halides is 1. The smallest absolute Gasteiger partial charge is 0.0780 e. The Hall–Kier alpha value is -1.54. The summed E-state index contributed by atoms with van der Waals surface area (Å²) in [5.41, 5.74) is 9.32. The summed E-state index contributed by atoms with van der Waals surface area (Å²) in [5, 5.41) is 0. The first kappa shape index (κ1) is 9.99. The number of hydrogen-bond donors (Lipinski definition) is 1. The zero-order chi connectivity index (χ0) is 10.7. The summed E-state index contributed by atoms with van der Waals surface area (Å²) in [5.74, 6) is 0.348. The topological polar surface area (TPSA) is 38.9 Å². The lowest BCUT2D eigenvalue weighted by molar-refractivity contribution is 1.18. The van der Waals surface area contributed by atoms with E-state index in [1.165, 1.54) is 0 Å². The number of benzene rings is 1. The van der Waals surface area contributed by atoms with Gasteiger partial charge in [-0.15, -0.1) is 11.6 Å². The Morgan fingerprint density at radius 3 is 2.47 bits per heavy atom. The van der Waals surface area contributed by atoms with E-state index in [0.29, 0.717) is 11.6 Å². The predicted octanol–water partition coefficient (Wildman–Crippen LogP) is 3.07. The molecule has 1 heterocycles. The van der Waals surface area contributed by atoms with Gasteiger partial charge in [0.05, 0.1) is 17.3 Å². The number of rotatable bonds is 2. The van der Waals surface area contributed by atoms with Crippen molar-refractivity contribution >= 4 is 17.3 Å². The molecular weight excluding hydrogens is 208 g/mol. The first-order chi connectivity index (χ1) is 7.31. The molecule has 0 aliphatic carbocycles.